The van der Waals surface area contributed by atoms with E-state index in [1.807, 2.05) is 20.8 Å². The van der Waals surface area contributed by atoms with Crippen LogP contribution in [-0.4, -0.2) is 46.4 Å². The minimum absolute atomic E-state index is 0.0672. The maximum Gasteiger partial charge on any atom is 0.306 e. The Balaban J connectivity index is 1.83. The molecule has 0 saturated heterocycles. The molecule has 0 spiro atoms. The summed E-state index contributed by atoms with van der Waals surface area (Å²) in [6.07, 6.45) is 1.18. The number of allylic oxidation sites excluding steroid dienone is 4. The quantitative estimate of drug-likeness (QED) is 0.441. The Morgan fingerprint density at radius 1 is 1.29 bits per heavy atom. The summed E-state index contributed by atoms with van der Waals surface area (Å²) in [6, 6.07) is 0. The van der Waals surface area contributed by atoms with Gasteiger partial charge in [-0.2, -0.15) is 0 Å². The van der Waals surface area contributed by atoms with E-state index in [9.17, 15) is 23.9 Å². The largest absolute Gasteiger partial charge is 0.450 e. The van der Waals surface area contributed by atoms with Crippen LogP contribution in [0.25, 0.3) is 0 Å². The molecule has 0 aromatic carbocycles. The van der Waals surface area contributed by atoms with Crippen molar-refractivity contribution in [2.24, 2.45) is 34.5 Å². The minimum atomic E-state index is -1.69. The molecule has 34 heavy (non-hydrogen) atoms. The highest BCUT2D eigenvalue weighted by atomic mass is 35.5. The number of hydrogen-bond donors (Lipinski definition) is 1. The minimum Gasteiger partial charge on any atom is -0.450 e. The van der Waals surface area contributed by atoms with E-state index in [1.54, 1.807) is 6.92 Å². The molecule has 188 valence electrons. The molecular formula is C26H33ClF2O5. The number of halogens is 3. The molecule has 4 aliphatic rings. The lowest BCUT2D eigenvalue weighted by molar-refractivity contribution is -0.204. The van der Waals surface area contributed by atoms with Gasteiger partial charge in [-0.05, 0) is 43.6 Å². The average Bonchev–Trinajstić information content (AvgIpc) is 2.97. The van der Waals surface area contributed by atoms with E-state index in [2.05, 4.69) is 0 Å². The first kappa shape index (κ1) is 25.5. The third-order valence-corrected chi connectivity index (χ3v) is 9.60. The fraction of sp³-hybridized carbons (Fsp3) is 0.731. The number of ether oxygens (including phenoxy) is 1. The van der Waals surface area contributed by atoms with Crippen molar-refractivity contribution < 1.29 is 33.0 Å². The lowest BCUT2D eigenvalue weighted by Gasteiger charge is -2.60. The maximum absolute atomic E-state index is 15.6. The number of hydrogen-bond acceptors (Lipinski definition) is 5. The van der Waals surface area contributed by atoms with Gasteiger partial charge in [0.1, 0.15) is 6.17 Å². The van der Waals surface area contributed by atoms with Gasteiger partial charge in [0.15, 0.2) is 17.2 Å². The van der Waals surface area contributed by atoms with Crippen LogP contribution in [0.4, 0.5) is 8.78 Å². The highest BCUT2D eigenvalue weighted by Gasteiger charge is 2.73. The van der Waals surface area contributed by atoms with Gasteiger partial charge in [-0.3, -0.25) is 14.4 Å². The van der Waals surface area contributed by atoms with E-state index >= 15 is 4.39 Å². The summed E-state index contributed by atoms with van der Waals surface area (Å²) in [4.78, 5) is 38.0. The zero-order chi connectivity index (χ0) is 25.2. The van der Waals surface area contributed by atoms with Crippen LogP contribution in [-0.2, 0) is 19.1 Å². The first-order valence-electron chi connectivity index (χ1n) is 12.2. The van der Waals surface area contributed by atoms with Gasteiger partial charge in [-0.15, -0.1) is 11.6 Å². The van der Waals surface area contributed by atoms with Crippen molar-refractivity contribution in [1.82, 2.24) is 0 Å². The fourth-order valence-corrected chi connectivity index (χ4v) is 8.35. The molecule has 4 aliphatic carbocycles. The molecule has 0 amide bonds. The molecule has 1 N–H and O–H groups in total. The number of rotatable bonds is 5. The topological polar surface area (TPSA) is 80.7 Å². The summed E-state index contributed by atoms with van der Waals surface area (Å²) < 4.78 is 36.4. The fourth-order valence-electron chi connectivity index (χ4n) is 8.15. The second-order valence-electron chi connectivity index (χ2n) is 11.0. The number of alkyl halides is 2. The van der Waals surface area contributed by atoms with Gasteiger partial charge in [0.05, 0.1) is 12.0 Å². The lowest BCUT2D eigenvalue weighted by Crippen LogP contribution is -2.64. The summed E-state index contributed by atoms with van der Waals surface area (Å²) >= 11 is 6.03. The molecule has 9 atom stereocenters. The molecule has 5 nitrogen and oxygen atoms in total. The highest BCUT2D eigenvalue weighted by Crippen LogP contribution is 2.69. The molecule has 0 bridgehead atoms. The Bertz CT molecular complexity index is 978. The Hall–Kier alpha value is -1.60. The van der Waals surface area contributed by atoms with Crippen molar-refractivity contribution in [3.05, 3.63) is 23.6 Å². The molecule has 3 saturated carbocycles. The molecule has 0 radical (unpaired) electrons. The number of esters is 1. The first-order chi connectivity index (χ1) is 15.9. The van der Waals surface area contributed by atoms with Crippen molar-refractivity contribution >= 4 is 29.1 Å². The number of fused-ring (bicyclic) bond motifs is 5. The Labute approximate surface area is 203 Å². The Morgan fingerprint density at radius 3 is 2.59 bits per heavy atom. The summed E-state index contributed by atoms with van der Waals surface area (Å²) in [5.74, 6) is -4.76. The van der Waals surface area contributed by atoms with Crippen LogP contribution < -0.4 is 0 Å². The highest BCUT2D eigenvalue weighted by molar-refractivity contribution is 6.29. The molecule has 0 aromatic heterocycles. The van der Waals surface area contributed by atoms with Crippen LogP contribution in [0.5, 0.6) is 0 Å². The summed E-state index contributed by atoms with van der Waals surface area (Å²) in [5, 5.41) is 11.5. The van der Waals surface area contributed by atoms with Gasteiger partial charge in [-0.25, -0.2) is 8.78 Å². The number of carbonyl (C=O) groups is 3. The van der Waals surface area contributed by atoms with Crippen molar-refractivity contribution in [3.63, 3.8) is 0 Å². The molecule has 0 aromatic rings. The van der Waals surface area contributed by atoms with Crippen LogP contribution in [0.15, 0.2) is 23.6 Å². The van der Waals surface area contributed by atoms with E-state index in [-0.39, 0.29) is 42.6 Å². The number of ketones is 2. The number of Topliss-reactive ketones (excluding diaryl/α,β-unsaturated/α-hetero) is 1. The van der Waals surface area contributed by atoms with Gasteiger partial charge < -0.3 is 9.84 Å². The van der Waals surface area contributed by atoms with Gasteiger partial charge in [0.2, 0.25) is 5.78 Å². The van der Waals surface area contributed by atoms with E-state index in [1.165, 1.54) is 6.08 Å². The molecule has 3 fully saturated rings. The van der Waals surface area contributed by atoms with Crippen molar-refractivity contribution in [2.45, 2.75) is 77.7 Å². The monoisotopic (exact) mass is 498 g/mol. The molecule has 0 aliphatic heterocycles. The zero-order valence-electron chi connectivity index (χ0n) is 20.1. The Kier molecular flexibility index (Phi) is 6.38. The van der Waals surface area contributed by atoms with Gasteiger partial charge in [0.25, 0.3) is 0 Å². The van der Waals surface area contributed by atoms with Crippen LogP contribution in [0.1, 0.15) is 59.8 Å². The zero-order valence-corrected chi connectivity index (χ0v) is 20.8. The van der Waals surface area contributed by atoms with E-state index in [0.717, 1.165) is 6.08 Å². The summed E-state index contributed by atoms with van der Waals surface area (Å²) in [5.41, 5.74) is -3.84. The van der Waals surface area contributed by atoms with Crippen molar-refractivity contribution in [1.29, 1.82) is 0 Å². The smallest absolute Gasteiger partial charge is 0.306 e. The predicted octanol–water partition coefficient (Wildman–Crippen LogP) is 4.65. The second kappa shape index (κ2) is 8.51. The van der Waals surface area contributed by atoms with E-state index in [4.69, 9.17) is 16.3 Å². The van der Waals surface area contributed by atoms with E-state index in [0.29, 0.717) is 12.8 Å². The molecule has 0 heterocycles. The molecular weight excluding hydrogens is 466 g/mol. The SMILES string of the molecule is CCCC(=O)O[C@@]1(C(=O)CCl)[C@H](C)C[C@H]2[C@@H]3C[C@H](F)C4=C(F)C(=O)C=C[C@]4(C)[C@H]3[C@@H](O)C[C@@]21C. The van der Waals surface area contributed by atoms with Gasteiger partial charge in [-0.1, -0.05) is 33.8 Å². The molecule has 4 rings (SSSR count). The van der Waals surface area contributed by atoms with Crippen molar-refractivity contribution in [2.75, 3.05) is 5.88 Å². The summed E-state index contributed by atoms with van der Waals surface area (Å²) in [6.45, 7) is 7.20. The molecule has 8 heteroatoms. The van der Waals surface area contributed by atoms with Crippen LogP contribution >= 0.6 is 11.6 Å². The third kappa shape index (κ3) is 3.22. The average molecular weight is 499 g/mol. The van der Waals surface area contributed by atoms with Crippen LogP contribution in [0, 0.1) is 34.5 Å². The normalized spacial score (nSPS) is 45.5. The number of aliphatic hydroxyl groups is 1. The number of carbonyl (C=O) groups excluding carboxylic acids is 3. The van der Waals surface area contributed by atoms with Gasteiger partial charge in [0, 0.05) is 34.7 Å². The van der Waals surface area contributed by atoms with Crippen molar-refractivity contribution in [3.8, 4) is 0 Å². The summed E-state index contributed by atoms with van der Waals surface area (Å²) in [7, 11) is 0. The second-order valence-corrected chi connectivity index (χ2v) is 11.3. The van der Waals surface area contributed by atoms with Gasteiger partial charge >= 0.3 is 5.97 Å². The van der Waals surface area contributed by atoms with Crippen LogP contribution in [0.3, 0.4) is 0 Å². The molecule has 0 unspecified atom stereocenters. The number of aliphatic hydroxyl groups excluding tert-OH is 1. The Morgan fingerprint density at radius 2 is 1.97 bits per heavy atom. The maximum atomic E-state index is 15.6. The van der Waals surface area contributed by atoms with E-state index < -0.39 is 63.9 Å². The third-order valence-electron chi connectivity index (χ3n) is 9.36. The van der Waals surface area contributed by atoms with Crippen LogP contribution in [0.2, 0.25) is 0 Å². The predicted molar refractivity (Wildman–Crippen MR) is 122 cm³/mol. The standard InChI is InChI=1S/C26H33ClF2O5/c1-5-6-20(33)34-26(19(32)12-27)13(2)9-15-14-10-16(28)22-23(29)17(30)7-8-24(22,3)21(14)18(31)11-25(15,26)4/h7-8,13-16,18,21,31H,5-6,9-12H2,1-4H3/t13-,14+,15+,16+,18+,21-,24-,25+,26-/m1/s1. The first-order valence-corrected chi connectivity index (χ1v) is 12.7. The lowest BCUT2D eigenvalue weighted by atomic mass is 9.45.